The van der Waals surface area contributed by atoms with Crippen LogP contribution in [0.25, 0.3) is 0 Å². The Hall–Kier alpha value is -1.45. The van der Waals surface area contributed by atoms with Gasteiger partial charge in [-0.15, -0.1) is 0 Å². The molecule has 1 aromatic heterocycles. The number of piperidine rings is 1. The molecule has 4 nitrogen and oxygen atoms in total. The number of hydrogen-bond donors (Lipinski definition) is 1. The van der Waals surface area contributed by atoms with Crippen molar-refractivity contribution in [1.29, 1.82) is 0 Å². The molecule has 0 atom stereocenters. The Bertz CT molecular complexity index is 462. The molecule has 1 aliphatic rings. The van der Waals surface area contributed by atoms with Crippen molar-refractivity contribution in [2.45, 2.75) is 33.6 Å². The summed E-state index contributed by atoms with van der Waals surface area (Å²) in [6.45, 7) is 8.56. The van der Waals surface area contributed by atoms with Crippen molar-refractivity contribution in [3.8, 4) is 0 Å². The molecule has 0 radical (unpaired) electrons. The number of hydrogen-bond acceptors (Lipinski definition) is 2. The molecule has 0 saturated carbocycles. The number of rotatable bonds is 1. The molecule has 1 fully saturated rings. The summed E-state index contributed by atoms with van der Waals surface area (Å²) in [6.07, 6.45) is 3.97. The maximum atomic E-state index is 12.4. The molecule has 0 spiro atoms. The molecular weight excluding hydrogens is 238 g/mol. The fourth-order valence-corrected chi connectivity index (χ4v) is 2.91. The lowest BCUT2D eigenvalue weighted by Gasteiger charge is -2.38. The molecule has 0 bridgehead atoms. The highest BCUT2D eigenvalue weighted by molar-refractivity contribution is 5.93. The number of anilines is 1. The van der Waals surface area contributed by atoms with Crippen LogP contribution in [0.5, 0.6) is 0 Å². The SMILES string of the molecule is Cn1cc(N)cc1C(=O)N1CCC(C(C)(C)C)CC1. The third-order valence-electron chi connectivity index (χ3n) is 4.25. The first-order chi connectivity index (χ1) is 8.79. The lowest BCUT2D eigenvalue weighted by Crippen LogP contribution is -2.41. The van der Waals surface area contributed by atoms with E-state index in [4.69, 9.17) is 5.73 Å². The summed E-state index contributed by atoms with van der Waals surface area (Å²) < 4.78 is 1.81. The highest BCUT2D eigenvalue weighted by Gasteiger charge is 2.31. The zero-order valence-electron chi connectivity index (χ0n) is 12.4. The molecule has 0 aliphatic carbocycles. The fourth-order valence-electron chi connectivity index (χ4n) is 2.91. The Morgan fingerprint density at radius 3 is 2.32 bits per heavy atom. The van der Waals surface area contributed by atoms with E-state index in [1.54, 1.807) is 12.3 Å². The van der Waals surface area contributed by atoms with Gasteiger partial charge in [0.1, 0.15) is 5.69 Å². The average Bonchev–Trinajstić information content (AvgIpc) is 2.66. The minimum atomic E-state index is 0.103. The van der Waals surface area contributed by atoms with Crippen molar-refractivity contribution < 1.29 is 4.79 Å². The maximum absolute atomic E-state index is 12.4. The monoisotopic (exact) mass is 263 g/mol. The summed E-state index contributed by atoms with van der Waals surface area (Å²) in [5.41, 5.74) is 7.41. The summed E-state index contributed by atoms with van der Waals surface area (Å²) in [6, 6.07) is 1.76. The minimum absolute atomic E-state index is 0.103. The van der Waals surface area contributed by atoms with Gasteiger partial charge in [-0.3, -0.25) is 4.79 Å². The summed E-state index contributed by atoms with van der Waals surface area (Å²) in [4.78, 5) is 14.4. The Balaban J connectivity index is 2.02. The first kappa shape index (κ1) is 14.0. The maximum Gasteiger partial charge on any atom is 0.270 e. The van der Waals surface area contributed by atoms with Crippen LogP contribution in [0.3, 0.4) is 0 Å². The molecule has 4 heteroatoms. The van der Waals surface area contributed by atoms with Gasteiger partial charge in [0, 0.05) is 26.3 Å². The number of likely N-dealkylation sites (tertiary alicyclic amines) is 1. The molecule has 0 unspecified atom stereocenters. The number of amides is 1. The van der Waals surface area contributed by atoms with E-state index in [1.165, 1.54) is 0 Å². The molecule has 1 aliphatic heterocycles. The van der Waals surface area contributed by atoms with E-state index in [1.807, 2.05) is 16.5 Å². The van der Waals surface area contributed by atoms with Gasteiger partial charge in [0.2, 0.25) is 0 Å². The second-order valence-corrected chi connectivity index (χ2v) is 6.70. The van der Waals surface area contributed by atoms with Crippen LogP contribution in [0.15, 0.2) is 12.3 Å². The molecule has 2 rings (SSSR count). The zero-order valence-corrected chi connectivity index (χ0v) is 12.4. The molecule has 2 N–H and O–H groups in total. The third-order valence-corrected chi connectivity index (χ3v) is 4.25. The highest BCUT2D eigenvalue weighted by Crippen LogP contribution is 2.34. The van der Waals surface area contributed by atoms with Crippen LogP contribution in [0.1, 0.15) is 44.1 Å². The van der Waals surface area contributed by atoms with Crippen molar-refractivity contribution in [1.82, 2.24) is 9.47 Å². The lowest BCUT2D eigenvalue weighted by molar-refractivity contribution is 0.0600. The Morgan fingerprint density at radius 2 is 1.89 bits per heavy atom. The number of carbonyl (C=O) groups excluding carboxylic acids is 1. The van der Waals surface area contributed by atoms with Gasteiger partial charge in [-0.1, -0.05) is 20.8 Å². The largest absolute Gasteiger partial charge is 0.397 e. The number of carbonyl (C=O) groups is 1. The smallest absolute Gasteiger partial charge is 0.270 e. The summed E-state index contributed by atoms with van der Waals surface area (Å²) in [7, 11) is 1.87. The number of nitrogens with two attached hydrogens (primary N) is 1. The van der Waals surface area contributed by atoms with E-state index in [0.717, 1.165) is 25.9 Å². The predicted octanol–water partition coefficient (Wildman–Crippen LogP) is 2.51. The van der Waals surface area contributed by atoms with Crippen LogP contribution in [-0.4, -0.2) is 28.5 Å². The van der Waals surface area contributed by atoms with E-state index in [-0.39, 0.29) is 5.91 Å². The Labute approximate surface area is 115 Å². The summed E-state index contributed by atoms with van der Waals surface area (Å²) in [5, 5.41) is 0. The van der Waals surface area contributed by atoms with Crippen LogP contribution < -0.4 is 5.73 Å². The highest BCUT2D eigenvalue weighted by atomic mass is 16.2. The first-order valence-electron chi connectivity index (χ1n) is 7.00. The molecule has 1 amide bonds. The Kier molecular flexibility index (Phi) is 3.61. The second kappa shape index (κ2) is 4.91. The Morgan fingerprint density at radius 1 is 1.32 bits per heavy atom. The average molecular weight is 263 g/mol. The van der Waals surface area contributed by atoms with Gasteiger partial charge in [-0.25, -0.2) is 0 Å². The van der Waals surface area contributed by atoms with Gasteiger partial charge in [0.05, 0.1) is 5.69 Å². The van der Waals surface area contributed by atoms with E-state index in [2.05, 4.69) is 20.8 Å². The van der Waals surface area contributed by atoms with Gasteiger partial charge in [-0.05, 0) is 30.2 Å². The second-order valence-electron chi connectivity index (χ2n) is 6.70. The van der Waals surface area contributed by atoms with E-state index < -0.39 is 0 Å². The molecule has 1 saturated heterocycles. The molecule has 19 heavy (non-hydrogen) atoms. The number of aryl methyl sites for hydroxylation is 1. The van der Waals surface area contributed by atoms with Crippen LogP contribution in [0.2, 0.25) is 0 Å². The van der Waals surface area contributed by atoms with Crippen molar-refractivity contribution >= 4 is 11.6 Å². The first-order valence-corrected chi connectivity index (χ1v) is 7.00. The lowest BCUT2D eigenvalue weighted by atomic mass is 9.75. The molecule has 0 aromatic carbocycles. The van der Waals surface area contributed by atoms with E-state index in [0.29, 0.717) is 22.7 Å². The standard InChI is InChI=1S/C15H25N3O/c1-15(2,3)11-5-7-18(8-6-11)14(19)13-9-12(16)10-17(13)4/h9-11H,5-8,16H2,1-4H3. The third kappa shape index (κ3) is 2.94. The predicted molar refractivity (Wildman–Crippen MR) is 77.9 cm³/mol. The number of nitrogens with zero attached hydrogens (tertiary/aromatic N) is 2. The molecule has 1 aromatic rings. The van der Waals surface area contributed by atoms with Crippen molar-refractivity contribution in [2.24, 2.45) is 18.4 Å². The molecule has 106 valence electrons. The summed E-state index contributed by atoms with van der Waals surface area (Å²) in [5.74, 6) is 0.807. The quantitative estimate of drug-likeness (QED) is 0.846. The van der Waals surface area contributed by atoms with Crippen LogP contribution in [-0.2, 0) is 7.05 Å². The number of nitrogen functional groups attached to an aromatic ring is 1. The number of aromatic nitrogens is 1. The summed E-state index contributed by atoms with van der Waals surface area (Å²) >= 11 is 0. The van der Waals surface area contributed by atoms with Crippen molar-refractivity contribution in [3.05, 3.63) is 18.0 Å². The van der Waals surface area contributed by atoms with Crippen LogP contribution >= 0.6 is 0 Å². The normalized spacial score (nSPS) is 17.8. The zero-order chi connectivity index (χ0) is 14.2. The van der Waals surface area contributed by atoms with Crippen LogP contribution in [0, 0.1) is 11.3 Å². The van der Waals surface area contributed by atoms with Crippen molar-refractivity contribution in [3.63, 3.8) is 0 Å². The van der Waals surface area contributed by atoms with Gasteiger partial charge in [-0.2, -0.15) is 0 Å². The van der Waals surface area contributed by atoms with Gasteiger partial charge in [0.15, 0.2) is 0 Å². The van der Waals surface area contributed by atoms with E-state index >= 15 is 0 Å². The van der Waals surface area contributed by atoms with Crippen LogP contribution in [0.4, 0.5) is 5.69 Å². The van der Waals surface area contributed by atoms with Gasteiger partial charge < -0.3 is 15.2 Å². The van der Waals surface area contributed by atoms with E-state index in [9.17, 15) is 4.79 Å². The molecule has 2 heterocycles. The van der Waals surface area contributed by atoms with Gasteiger partial charge >= 0.3 is 0 Å². The van der Waals surface area contributed by atoms with Gasteiger partial charge in [0.25, 0.3) is 5.91 Å². The fraction of sp³-hybridized carbons (Fsp3) is 0.667. The minimum Gasteiger partial charge on any atom is -0.397 e. The van der Waals surface area contributed by atoms with Crippen molar-refractivity contribution in [2.75, 3.05) is 18.8 Å². The molecular formula is C15H25N3O. The topological polar surface area (TPSA) is 51.3 Å².